The molecule has 0 amide bonds. The van der Waals surface area contributed by atoms with E-state index in [0.717, 1.165) is 25.7 Å². The van der Waals surface area contributed by atoms with Gasteiger partial charge >= 0.3 is 83.7 Å². The fraction of sp³-hybridized carbons (Fsp3) is 0.556. The van der Waals surface area contributed by atoms with E-state index < -0.39 is 0 Å². The van der Waals surface area contributed by atoms with Crippen molar-refractivity contribution in [1.29, 1.82) is 0 Å². The molecule has 78 heavy (non-hydrogen) atoms. The van der Waals surface area contributed by atoms with Gasteiger partial charge in [-0.25, -0.2) is 24.3 Å². The predicted octanol–water partition coefficient (Wildman–Crippen LogP) is 14.7. The molecule has 0 fully saturated rings. The second kappa shape index (κ2) is 28.9. The summed E-state index contributed by atoms with van der Waals surface area (Å²) in [6.45, 7) is 65.2. The molecule has 0 bridgehead atoms. The van der Waals surface area contributed by atoms with Gasteiger partial charge in [-0.2, -0.15) is 47.5 Å². The van der Waals surface area contributed by atoms with E-state index in [1.165, 1.54) is 89.0 Å². The fourth-order valence-electron chi connectivity index (χ4n) is 9.93. The number of benzene rings is 4. The van der Waals surface area contributed by atoms with Gasteiger partial charge < -0.3 is 24.8 Å². The Kier molecular flexibility index (Phi) is 27.7. The first-order valence-corrected chi connectivity index (χ1v) is 40.7. The maximum Gasteiger partial charge on any atom is -0.109 e. The average Bonchev–Trinajstić information content (AvgIpc) is 4.08. The van der Waals surface area contributed by atoms with Crippen LogP contribution in [0, 0.1) is 24.3 Å². The maximum absolute atomic E-state index is 3.90. The van der Waals surface area contributed by atoms with Crippen LogP contribution in [0.1, 0.15) is 246 Å². The van der Waals surface area contributed by atoms with Crippen molar-refractivity contribution in [2.24, 2.45) is 0 Å². The summed E-state index contributed by atoms with van der Waals surface area (Å²) in [6.07, 6.45) is 22.0. The van der Waals surface area contributed by atoms with E-state index in [4.69, 9.17) is 0 Å². The Bertz CT molecular complexity index is 2450. The van der Waals surface area contributed by atoms with Crippen LogP contribution in [0.25, 0.3) is 22.3 Å². The van der Waals surface area contributed by atoms with Crippen molar-refractivity contribution < 1.29 is 71.5 Å². The topological polar surface area (TPSA) is 0 Å². The van der Waals surface area contributed by atoms with Crippen LogP contribution in [0.5, 0.6) is 0 Å². The molecule has 8 rings (SSSR count). The number of fused-ring (bicyclic) bond motifs is 6. The fourth-order valence-corrected chi connectivity index (χ4v) is 9.93. The average molecular weight is 1280 g/mol. The third kappa shape index (κ3) is 21.7. The Morgan fingerprint density at radius 1 is 0.346 bits per heavy atom. The summed E-state index contributed by atoms with van der Waals surface area (Å²) in [6, 6.07) is 22.8. The molecule has 424 valence electrons. The van der Waals surface area contributed by atoms with Gasteiger partial charge in [0.2, 0.25) is 0 Å². The number of halogens is 2. The zero-order valence-corrected chi connectivity index (χ0v) is 62.9. The molecule has 0 aliphatic heterocycles. The minimum Gasteiger partial charge on any atom is -1.00 e. The van der Waals surface area contributed by atoms with Crippen LogP contribution in [-0.4, -0.2) is 10.9 Å². The molecule has 0 atom stereocenters. The minimum absolute atomic E-state index is 0. The first-order valence-electron chi connectivity index (χ1n) is 28.3. The van der Waals surface area contributed by atoms with Crippen molar-refractivity contribution in [2.75, 3.05) is 0 Å². The number of hydrogen-bond donors (Lipinski definition) is 0. The Balaban J connectivity index is 0.000000579. The van der Waals surface area contributed by atoms with Crippen molar-refractivity contribution in [3.05, 3.63) is 164 Å². The molecular weight excluding hydrogens is 1170 g/mol. The minimum atomic E-state index is 0. The van der Waals surface area contributed by atoms with Crippen molar-refractivity contribution in [3.63, 3.8) is 0 Å². The van der Waals surface area contributed by atoms with Crippen LogP contribution in [-0.2, 0) is 103 Å². The van der Waals surface area contributed by atoms with E-state index in [9.17, 15) is 0 Å². The van der Waals surface area contributed by atoms with Crippen LogP contribution in [0.3, 0.4) is 0 Å². The Labute approximate surface area is 524 Å². The molecule has 4 aromatic rings. The van der Waals surface area contributed by atoms with E-state index in [-0.39, 0.29) is 79.0 Å². The summed E-state index contributed by atoms with van der Waals surface area (Å²) >= 11 is 3.48. The Morgan fingerprint density at radius 2 is 0.577 bits per heavy atom. The first-order chi connectivity index (χ1) is 34.3. The summed E-state index contributed by atoms with van der Waals surface area (Å²) in [4.78, 5) is 0. The third-order valence-corrected chi connectivity index (χ3v) is 13.6. The van der Waals surface area contributed by atoms with Gasteiger partial charge in [-0.3, -0.25) is 12.2 Å². The quantitative estimate of drug-likeness (QED) is 0.105. The van der Waals surface area contributed by atoms with Gasteiger partial charge in [0.15, 0.2) is 0 Å². The summed E-state index contributed by atoms with van der Waals surface area (Å²) in [7, 11) is 0. The summed E-state index contributed by atoms with van der Waals surface area (Å²) in [5.41, 5.74) is 24.3. The molecule has 0 radical (unpaired) electrons. The summed E-state index contributed by atoms with van der Waals surface area (Å²) in [5.74, 6) is 0. The first kappa shape index (κ1) is 74.6. The van der Waals surface area contributed by atoms with Gasteiger partial charge in [-0.15, -0.1) is 46.2 Å². The van der Waals surface area contributed by atoms with E-state index in [0.29, 0.717) is 0 Å². The SMILES string of the molecule is CC(C)(C)c1[c-]c2c(cc1C(C)(C)C)-c1cc(C(C)(C)C)c(C(C)(C)C)cc1C2.CC(C)(C)c1[c-]c2c(cc1C(C)(C)C)-c1cc(C(C)(C)C)c(C(C)(C)C)cc1C2.C[Si](C)=[Zr+2].C[Si](C)=[Zr+2].[C-]1=CC=CC1.[C-]1=CC=CC1.[Cl-].[Cl-]. The van der Waals surface area contributed by atoms with Crippen molar-refractivity contribution in [2.45, 2.75) is 261 Å². The molecule has 0 unspecified atom stereocenters. The molecule has 4 aliphatic carbocycles. The van der Waals surface area contributed by atoms with Gasteiger partial charge in [0.1, 0.15) is 0 Å². The zero-order chi connectivity index (χ0) is 58.5. The molecule has 0 nitrogen and oxygen atoms in total. The zero-order valence-electron chi connectivity index (χ0n) is 54.5. The molecule has 6 heteroatoms. The monoisotopic (exact) mass is 1270 g/mol. The van der Waals surface area contributed by atoms with E-state index in [2.05, 4.69) is 265 Å². The van der Waals surface area contributed by atoms with Gasteiger partial charge in [0, 0.05) is 0 Å². The van der Waals surface area contributed by atoms with Crippen molar-refractivity contribution in [1.82, 2.24) is 0 Å². The van der Waals surface area contributed by atoms with E-state index >= 15 is 0 Å². The molecule has 0 N–H and O–H groups in total. The smallest absolute Gasteiger partial charge is 0.109 e. The molecular formula is C72H104Cl2Si2Zr2-2. The van der Waals surface area contributed by atoms with Crippen LogP contribution < -0.4 is 24.8 Å². The molecule has 0 aromatic heterocycles. The normalized spacial score (nSPS) is 13.9. The van der Waals surface area contributed by atoms with Gasteiger partial charge in [-0.05, 0) is 78.7 Å². The number of rotatable bonds is 0. The summed E-state index contributed by atoms with van der Waals surface area (Å²) in [5, 5.41) is 0. The second-order valence-corrected chi connectivity index (χ2v) is 49.1. The van der Waals surface area contributed by atoms with Crippen LogP contribution in [0.2, 0.25) is 26.2 Å². The molecule has 4 aromatic carbocycles. The third-order valence-electron chi connectivity index (χ3n) is 13.6. The van der Waals surface area contributed by atoms with Gasteiger partial charge in [0.25, 0.3) is 0 Å². The summed E-state index contributed by atoms with van der Waals surface area (Å²) < 4.78 is 0. The molecule has 0 spiro atoms. The Morgan fingerprint density at radius 3 is 0.756 bits per heavy atom. The van der Waals surface area contributed by atoms with Crippen molar-refractivity contribution >= 4 is 10.9 Å². The largest absolute Gasteiger partial charge is 1.00 e. The molecule has 0 saturated heterocycles. The second-order valence-electron chi connectivity index (χ2n) is 30.4. The van der Waals surface area contributed by atoms with Crippen LogP contribution in [0.4, 0.5) is 0 Å². The number of hydrogen-bond acceptors (Lipinski definition) is 0. The standard InChI is InChI=1S/2C29H41.2C5H5.2C2H6Si.2ClH.2Zr/c2*1-26(2,3)22-14-18-13-19-15-23(27(4,5)6)25(29(10,11)12)17-21(19)20(18)16-24(22)28(7,8)9;2*1-2-4-5-3-1;2*1-3-2;;;;/h2*14,16-17H,13H2,1-12H3;2*1-3H,4H2;2*1-2H3;2*1H;;/q4*-1;;;;;2*+2/p-2. The molecule has 4 aliphatic rings. The van der Waals surface area contributed by atoms with Gasteiger partial charge in [-0.1, -0.05) is 212 Å². The van der Waals surface area contributed by atoms with E-state index in [1.54, 1.807) is 46.7 Å². The van der Waals surface area contributed by atoms with Crippen molar-refractivity contribution in [3.8, 4) is 22.3 Å². The van der Waals surface area contributed by atoms with Gasteiger partial charge in [0.05, 0.1) is 0 Å². The molecule has 0 heterocycles. The van der Waals surface area contributed by atoms with E-state index in [1.807, 2.05) is 24.3 Å². The van der Waals surface area contributed by atoms with Crippen LogP contribution in [0.15, 0.2) is 72.9 Å². The Hall–Kier alpha value is -1.38. The number of allylic oxidation sites excluding steroid dienone is 8. The predicted molar refractivity (Wildman–Crippen MR) is 335 cm³/mol. The molecule has 0 saturated carbocycles. The maximum atomic E-state index is 3.90. The van der Waals surface area contributed by atoms with Crippen LogP contribution >= 0.6 is 0 Å².